The van der Waals surface area contributed by atoms with Crippen molar-refractivity contribution in [1.82, 2.24) is 9.97 Å². The molecule has 3 heterocycles. The van der Waals surface area contributed by atoms with Gasteiger partial charge in [-0.25, -0.2) is 4.98 Å². The SMILES string of the molecule is O=C1c2c3ccccc3nc3cccc(c23)N1c1cccnc1. The zero-order valence-electron chi connectivity index (χ0n) is 12.1. The molecule has 4 nitrogen and oxygen atoms in total. The van der Waals surface area contributed by atoms with Crippen LogP contribution in [0.5, 0.6) is 0 Å². The van der Waals surface area contributed by atoms with Crippen molar-refractivity contribution in [1.29, 1.82) is 0 Å². The van der Waals surface area contributed by atoms with Crippen LogP contribution in [0.1, 0.15) is 10.4 Å². The number of para-hydroxylation sites is 1. The van der Waals surface area contributed by atoms with Crippen LogP contribution in [0, 0.1) is 0 Å². The minimum atomic E-state index is -0.0252. The minimum absolute atomic E-state index is 0.0252. The van der Waals surface area contributed by atoms with Gasteiger partial charge in [0.2, 0.25) is 0 Å². The number of nitrogens with zero attached hydrogens (tertiary/aromatic N) is 3. The monoisotopic (exact) mass is 297 g/mol. The van der Waals surface area contributed by atoms with E-state index in [0.29, 0.717) is 0 Å². The summed E-state index contributed by atoms with van der Waals surface area (Å²) in [6.45, 7) is 0. The van der Waals surface area contributed by atoms with Crippen LogP contribution in [0.3, 0.4) is 0 Å². The highest BCUT2D eigenvalue weighted by Crippen LogP contribution is 2.43. The average molecular weight is 297 g/mol. The maximum absolute atomic E-state index is 13.2. The highest BCUT2D eigenvalue weighted by atomic mass is 16.2. The van der Waals surface area contributed by atoms with E-state index < -0.39 is 0 Å². The molecule has 1 amide bonds. The molecule has 0 radical (unpaired) electrons. The number of benzene rings is 2. The lowest BCUT2D eigenvalue weighted by Crippen LogP contribution is -2.21. The molecule has 2 aromatic heterocycles. The van der Waals surface area contributed by atoms with Crippen molar-refractivity contribution in [2.75, 3.05) is 4.90 Å². The zero-order chi connectivity index (χ0) is 15.4. The second kappa shape index (κ2) is 4.36. The van der Waals surface area contributed by atoms with Crippen molar-refractivity contribution in [3.05, 3.63) is 72.6 Å². The van der Waals surface area contributed by atoms with E-state index in [4.69, 9.17) is 4.98 Å². The Hall–Kier alpha value is -3.27. The van der Waals surface area contributed by atoms with Gasteiger partial charge >= 0.3 is 0 Å². The number of carbonyl (C=O) groups is 1. The molecule has 1 aliphatic heterocycles. The molecule has 0 aliphatic carbocycles. The molecule has 4 heteroatoms. The van der Waals surface area contributed by atoms with Crippen molar-refractivity contribution in [2.24, 2.45) is 0 Å². The Balaban J connectivity index is 1.92. The van der Waals surface area contributed by atoms with Gasteiger partial charge in [0, 0.05) is 17.0 Å². The molecule has 1 aliphatic rings. The van der Waals surface area contributed by atoms with Gasteiger partial charge in [0.15, 0.2) is 0 Å². The highest BCUT2D eigenvalue weighted by molar-refractivity contribution is 6.32. The van der Waals surface area contributed by atoms with Crippen LogP contribution in [0.4, 0.5) is 11.4 Å². The molecule has 5 rings (SSSR count). The van der Waals surface area contributed by atoms with Crippen LogP contribution < -0.4 is 4.90 Å². The summed E-state index contributed by atoms with van der Waals surface area (Å²) in [4.78, 5) is 23.7. The molecule has 0 N–H and O–H groups in total. The summed E-state index contributed by atoms with van der Waals surface area (Å²) in [6.07, 6.45) is 3.41. The Labute approximate surface area is 132 Å². The van der Waals surface area contributed by atoms with E-state index in [0.717, 1.165) is 38.7 Å². The third-order valence-corrected chi connectivity index (χ3v) is 4.25. The van der Waals surface area contributed by atoms with E-state index in [2.05, 4.69) is 4.98 Å². The molecule has 0 saturated carbocycles. The van der Waals surface area contributed by atoms with E-state index in [-0.39, 0.29) is 5.91 Å². The fourth-order valence-corrected chi connectivity index (χ4v) is 3.30. The van der Waals surface area contributed by atoms with Gasteiger partial charge in [0.05, 0.1) is 34.2 Å². The predicted octanol–water partition coefficient (Wildman–Crippen LogP) is 4.07. The second-order valence-electron chi connectivity index (χ2n) is 5.53. The van der Waals surface area contributed by atoms with Gasteiger partial charge in [-0.05, 0) is 30.3 Å². The molecule has 2 aromatic carbocycles. The Bertz CT molecular complexity index is 1090. The number of fused-ring (bicyclic) bond motifs is 2. The van der Waals surface area contributed by atoms with Crippen molar-refractivity contribution in [3.8, 4) is 0 Å². The summed E-state index contributed by atoms with van der Waals surface area (Å²) < 4.78 is 0. The normalized spacial score (nSPS) is 13.2. The van der Waals surface area contributed by atoms with Crippen molar-refractivity contribution in [3.63, 3.8) is 0 Å². The third-order valence-electron chi connectivity index (χ3n) is 4.25. The minimum Gasteiger partial charge on any atom is -0.275 e. The maximum atomic E-state index is 13.2. The van der Waals surface area contributed by atoms with Crippen LogP contribution in [0.15, 0.2) is 67.0 Å². The second-order valence-corrected chi connectivity index (χ2v) is 5.53. The van der Waals surface area contributed by atoms with Gasteiger partial charge in [0.1, 0.15) is 0 Å². The molecule has 108 valence electrons. The van der Waals surface area contributed by atoms with Crippen LogP contribution in [0.2, 0.25) is 0 Å². The molecular weight excluding hydrogens is 286 g/mol. The fraction of sp³-hybridized carbons (Fsp3) is 0. The lowest BCUT2D eigenvalue weighted by Gasteiger charge is -2.16. The third kappa shape index (κ3) is 1.57. The van der Waals surface area contributed by atoms with Gasteiger partial charge in [-0.1, -0.05) is 24.3 Å². The maximum Gasteiger partial charge on any atom is 0.264 e. The summed E-state index contributed by atoms with van der Waals surface area (Å²) in [5.41, 5.74) is 4.05. The number of hydrogen-bond donors (Lipinski definition) is 0. The van der Waals surface area contributed by atoms with Gasteiger partial charge in [0.25, 0.3) is 5.91 Å². The largest absolute Gasteiger partial charge is 0.275 e. The first-order valence-electron chi connectivity index (χ1n) is 7.40. The van der Waals surface area contributed by atoms with Gasteiger partial charge in [-0.15, -0.1) is 0 Å². The van der Waals surface area contributed by atoms with Crippen LogP contribution in [-0.2, 0) is 0 Å². The molecule has 0 spiro atoms. The number of hydrogen-bond acceptors (Lipinski definition) is 3. The summed E-state index contributed by atoms with van der Waals surface area (Å²) in [6, 6.07) is 17.4. The Morgan fingerprint density at radius 1 is 0.870 bits per heavy atom. The molecule has 0 fully saturated rings. The lowest BCUT2D eigenvalue weighted by molar-refractivity contribution is 0.101. The average Bonchev–Trinajstić information content (AvgIpc) is 2.90. The quantitative estimate of drug-likeness (QED) is 0.497. The standard InChI is InChI=1S/C19H11N3O/c23-19-17-13-6-1-2-7-14(13)21-15-8-3-9-16(18(15)17)22(19)12-5-4-10-20-11-12/h1-11H. The molecule has 0 atom stereocenters. The number of carbonyl (C=O) groups excluding carboxylic acids is 1. The van der Waals surface area contributed by atoms with Crippen molar-refractivity contribution >= 4 is 39.1 Å². The van der Waals surface area contributed by atoms with Crippen LogP contribution in [0.25, 0.3) is 21.8 Å². The molecule has 0 bridgehead atoms. The lowest BCUT2D eigenvalue weighted by atomic mass is 10.0. The van der Waals surface area contributed by atoms with Crippen molar-refractivity contribution in [2.45, 2.75) is 0 Å². The smallest absolute Gasteiger partial charge is 0.264 e. The van der Waals surface area contributed by atoms with Gasteiger partial charge < -0.3 is 0 Å². The molecule has 4 aromatic rings. The summed E-state index contributed by atoms with van der Waals surface area (Å²) in [5.74, 6) is -0.0252. The Morgan fingerprint density at radius 3 is 2.61 bits per heavy atom. The first kappa shape index (κ1) is 12.3. The Kier molecular flexibility index (Phi) is 2.33. The molecule has 0 unspecified atom stereocenters. The zero-order valence-corrected chi connectivity index (χ0v) is 12.1. The summed E-state index contributed by atoms with van der Waals surface area (Å²) in [5, 5.41) is 1.81. The first-order chi connectivity index (χ1) is 11.3. The van der Waals surface area contributed by atoms with Gasteiger partial charge in [-0.2, -0.15) is 0 Å². The van der Waals surface area contributed by atoms with Gasteiger partial charge in [-0.3, -0.25) is 14.7 Å². The van der Waals surface area contributed by atoms with E-state index in [1.807, 2.05) is 54.6 Å². The topological polar surface area (TPSA) is 46.1 Å². The Morgan fingerprint density at radius 2 is 1.74 bits per heavy atom. The van der Waals surface area contributed by atoms with E-state index >= 15 is 0 Å². The first-order valence-corrected chi connectivity index (χ1v) is 7.40. The molecular formula is C19H11N3O. The van der Waals surface area contributed by atoms with Crippen molar-refractivity contribution < 1.29 is 4.79 Å². The summed E-state index contributed by atoms with van der Waals surface area (Å²) in [7, 11) is 0. The number of aromatic nitrogens is 2. The fourth-order valence-electron chi connectivity index (χ4n) is 3.30. The number of pyridine rings is 2. The molecule has 0 saturated heterocycles. The number of anilines is 2. The highest BCUT2D eigenvalue weighted by Gasteiger charge is 2.33. The summed E-state index contributed by atoms with van der Waals surface area (Å²) >= 11 is 0. The molecule has 23 heavy (non-hydrogen) atoms. The van der Waals surface area contributed by atoms with E-state index in [9.17, 15) is 4.79 Å². The van der Waals surface area contributed by atoms with E-state index in [1.165, 1.54) is 0 Å². The van der Waals surface area contributed by atoms with Crippen LogP contribution in [-0.4, -0.2) is 15.9 Å². The number of rotatable bonds is 1. The predicted molar refractivity (Wildman–Crippen MR) is 90.0 cm³/mol. The number of amides is 1. The van der Waals surface area contributed by atoms with Crippen LogP contribution >= 0.6 is 0 Å². The van der Waals surface area contributed by atoms with E-state index in [1.54, 1.807) is 17.3 Å².